The number of aromatic nitrogens is 3. The molecule has 0 unspecified atom stereocenters. The number of carbonyl (C=O) groups is 1. The number of amides is 1. The summed E-state index contributed by atoms with van der Waals surface area (Å²) in [5.74, 6) is 1.38. The molecule has 6 nitrogen and oxygen atoms in total. The average Bonchev–Trinajstić information content (AvgIpc) is 3.19. The molecule has 2 aliphatic rings. The second-order valence-electron chi connectivity index (χ2n) is 8.45. The molecule has 0 saturated carbocycles. The molecular formula is C24H33N5OS. The summed E-state index contributed by atoms with van der Waals surface area (Å²) in [4.78, 5) is 15.2. The molecular weight excluding hydrogens is 406 g/mol. The number of thioether (sulfide) groups is 1. The number of aryl methyl sites for hydroxylation is 1. The number of allylic oxidation sites excluding steroid dienone is 1. The van der Waals surface area contributed by atoms with E-state index in [0.717, 1.165) is 43.2 Å². The number of fused-ring (bicyclic) bond motifs is 1. The van der Waals surface area contributed by atoms with Crippen LogP contribution in [0.1, 0.15) is 55.1 Å². The van der Waals surface area contributed by atoms with Gasteiger partial charge in [-0.15, -0.1) is 16.8 Å². The highest BCUT2D eigenvalue weighted by Gasteiger charge is 2.22. The zero-order valence-electron chi connectivity index (χ0n) is 18.3. The maximum Gasteiger partial charge on any atom is 0.230 e. The zero-order chi connectivity index (χ0) is 21.5. The van der Waals surface area contributed by atoms with E-state index < -0.39 is 0 Å². The second kappa shape index (κ2) is 11.0. The van der Waals surface area contributed by atoms with Gasteiger partial charge in [0.1, 0.15) is 5.82 Å². The van der Waals surface area contributed by atoms with Crippen LogP contribution in [0.5, 0.6) is 0 Å². The molecule has 2 heterocycles. The molecule has 1 aromatic carbocycles. The highest BCUT2D eigenvalue weighted by atomic mass is 32.2. The van der Waals surface area contributed by atoms with Gasteiger partial charge in [-0.25, -0.2) is 0 Å². The molecule has 1 amide bonds. The van der Waals surface area contributed by atoms with Crippen LogP contribution in [0.25, 0.3) is 0 Å². The van der Waals surface area contributed by atoms with Gasteiger partial charge in [-0.05, 0) is 56.3 Å². The first-order valence-electron chi connectivity index (χ1n) is 11.5. The van der Waals surface area contributed by atoms with Gasteiger partial charge in [0, 0.05) is 19.5 Å². The quantitative estimate of drug-likeness (QED) is 0.476. The third-order valence-corrected chi connectivity index (χ3v) is 7.21. The van der Waals surface area contributed by atoms with Crippen molar-refractivity contribution in [2.24, 2.45) is 0 Å². The summed E-state index contributed by atoms with van der Waals surface area (Å²) in [6, 6.07) is 8.56. The van der Waals surface area contributed by atoms with Crippen LogP contribution >= 0.6 is 11.8 Å². The minimum atomic E-state index is 0.0507. The predicted molar refractivity (Wildman–Crippen MR) is 125 cm³/mol. The minimum absolute atomic E-state index is 0.0507. The van der Waals surface area contributed by atoms with Crippen LogP contribution in [-0.4, -0.2) is 51.0 Å². The fraction of sp³-hybridized carbons (Fsp3) is 0.542. The van der Waals surface area contributed by atoms with Gasteiger partial charge >= 0.3 is 0 Å². The Kier molecular flexibility index (Phi) is 7.81. The molecule has 1 N–H and O–H groups in total. The fourth-order valence-corrected chi connectivity index (χ4v) is 5.41. The first kappa shape index (κ1) is 22.1. The van der Waals surface area contributed by atoms with E-state index >= 15 is 0 Å². The number of nitrogens with one attached hydrogen (secondary N) is 1. The lowest BCUT2D eigenvalue weighted by atomic mass is 9.88. The average molecular weight is 440 g/mol. The summed E-state index contributed by atoms with van der Waals surface area (Å²) >= 11 is 1.46. The Morgan fingerprint density at radius 2 is 2.03 bits per heavy atom. The Labute approximate surface area is 189 Å². The van der Waals surface area contributed by atoms with Gasteiger partial charge in [0.15, 0.2) is 5.16 Å². The summed E-state index contributed by atoms with van der Waals surface area (Å²) < 4.78 is 2.10. The Morgan fingerprint density at radius 1 is 1.19 bits per heavy atom. The van der Waals surface area contributed by atoms with Gasteiger partial charge in [0.05, 0.1) is 11.8 Å². The number of rotatable bonds is 9. The van der Waals surface area contributed by atoms with Gasteiger partial charge in [0.2, 0.25) is 5.91 Å². The van der Waals surface area contributed by atoms with Crippen molar-refractivity contribution in [2.45, 2.75) is 62.7 Å². The molecule has 1 atom stereocenters. The molecule has 2 aromatic rings. The SMILES string of the molecule is C=CCn1c(CCN2CCCCC2)nnc1SCC(=O)N[C@H]1CCCc2ccccc21. The third kappa shape index (κ3) is 5.77. The van der Waals surface area contributed by atoms with Crippen LogP contribution in [0.15, 0.2) is 42.1 Å². The summed E-state index contributed by atoms with van der Waals surface area (Å²) in [6.07, 6.45) is 9.90. The van der Waals surface area contributed by atoms with Crippen molar-refractivity contribution in [1.82, 2.24) is 25.0 Å². The van der Waals surface area contributed by atoms with Crippen molar-refractivity contribution in [3.63, 3.8) is 0 Å². The fourth-order valence-electron chi connectivity index (χ4n) is 4.63. The summed E-state index contributed by atoms with van der Waals surface area (Å²) in [5.41, 5.74) is 2.62. The van der Waals surface area contributed by atoms with Crippen LogP contribution in [0.2, 0.25) is 0 Å². The van der Waals surface area contributed by atoms with Crippen molar-refractivity contribution < 1.29 is 4.79 Å². The largest absolute Gasteiger partial charge is 0.349 e. The Hall–Kier alpha value is -2.12. The molecule has 1 saturated heterocycles. The van der Waals surface area contributed by atoms with Gasteiger partial charge in [-0.3, -0.25) is 4.79 Å². The predicted octanol–water partition coefficient (Wildman–Crippen LogP) is 3.78. The maximum absolute atomic E-state index is 12.7. The summed E-state index contributed by atoms with van der Waals surface area (Å²) in [6.45, 7) is 7.94. The second-order valence-corrected chi connectivity index (χ2v) is 9.39. The monoisotopic (exact) mass is 439 g/mol. The third-order valence-electron chi connectivity index (χ3n) is 6.24. The van der Waals surface area contributed by atoms with Crippen molar-refractivity contribution in [3.8, 4) is 0 Å². The van der Waals surface area contributed by atoms with Crippen LogP contribution in [-0.2, 0) is 24.2 Å². The number of likely N-dealkylation sites (tertiary alicyclic amines) is 1. The number of piperidine rings is 1. The lowest BCUT2D eigenvalue weighted by Crippen LogP contribution is -2.32. The Balaban J connectivity index is 1.33. The molecule has 0 spiro atoms. The minimum Gasteiger partial charge on any atom is -0.349 e. The maximum atomic E-state index is 12.7. The number of hydrogen-bond acceptors (Lipinski definition) is 5. The molecule has 1 aliphatic heterocycles. The molecule has 4 rings (SSSR count). The molecule has 0 radical (unpaired) electrons. The molecule has 166 valence electrons. The van der Waals surface area contributed by atoms with Crippen molar-refractivity contribution in [3.05, 3.63) is 53.9 Å². The zero-order valence-corrected chi connectivity index (χ0v) is 19.1. The lowest BCUT2D eigenvalue weighted by Gasteiger charge is -2.26. The molecule has 1 aliphatic carbocycles. The van der Waals surface area contributed by atoms with E-state index in [0.29, 0.717) is 12.3 Å². The summed E-state index contributed by atoms with van der Waals surface area (Å²) in [5, 5.41) is 12.8. The van der Waals surface area contributed by atoms with Crippen molar-refractivity contribution >= 4 is 17.7 Å². The van der Waals surface area contributed by atoms with Crippen LogP contribution in [0.3, 0.4) is 0 Å². The van der Waals surface area contributed by atoms with E-state index in [1.54, 1.807) is 0 Å². The van der Waals surface area contributed by atoms with E-state index in [1.165, 1.54) is 55.2 Å². The van der Waals surface area contributed by atoms with Crippen molar-refractivity contribution in [1.29, 1.82) is 0 Å². The number of hydrogen-bond donors (Lipinski definition) is 1. The first-order valence-corrected chi connectivity index (χ1v) is 12.5. The summed E-state index contributed by atoms with van der Waals surface area (Å²) in [7, 11) is 0. The Bertz CT molecular complexity index is 890. The highest BCUT2D eigenvalue weighted by Crippen LogP contribution is 2.29. The first-order chi connectivity index (χ1) is 15.2. The van der Waals surface area contributed by atoms with Gasteiger partial charge in [-0.1, -0.05) is 48.5 Å². The van der Waals surface area contributed by atoms with Crippen LogP contribution in [0, 0.1) is 0 Å². The normalized spacial score (nSPS) is 19.0. The molecule has 31 heavy (non-hydrogen) atoms. The van der Waals surface area contributed by atoms with E-state index in [1.807, 2.05) is 6.08 Å². The van der Waals surface area contributed by atoms with E-state index in [4.69, 9.17) is 0 Å². The number of benzene rings is 1. The smallest absolute Gasteiger partial charge is 0.230 e. The van der Waals surface area contributed by atoms with Gasteiger partial charge in [0.25, 0.3) is 0 Å². The lowest BCUT2D eigenvalue weighted by molar-refractivity contribution is -0.119. The topological polar surface area (TPSA) is 63.1 Å². The van der Waals surface area contributed by atoms with Crippen LogP contribution < -0.4 is 5.32 Å². The standard InChI is InChI=1S/C24H33N5OS/c1-2-14-29-22(13-17-28-15-6-3-7-16-28)26-27-24(29)31-18-23(30)25-21-12-8-10-19-9-4-5-11-20(19)21/h2,4-5,9,11,21H,1,3,6-8,10,12-18H2,(H,25,30)/t21-/m0/s1. The van der Waals surface area contributed by atoms with Crippen LogP contribution in [0.4, 0.5) is 0 Å². The molecule has 1 fully saturated rings. The van der Waals surface area contributed by atoms with E-state index in [2.05, 4.69) is 55.8 Å². The Morgan fingerprint density at radius 3 is 2.87 bits per heavy atom. The van der Waals surface area contributed by atoms with E-state index in [9.17, 15) is 4.79 Å². The number of nitrogens with zero attached hydrogens (tertiary/aromatic N) is 4. The highest BCUT2D eigenvalue weighted by molar-refractivity contribution is 7.99. The van der Waals surface area contributed by atoms with Gasteiger partial charge in [-0.2, -0.15) is 0 Å². The number of carbonyl (C=O) groups excluding carboxylic acids is 1. The van der Waals surface area contributed by atoms with Crippen molar-refractivity contribution in [2.75, 3.05) is 25.4 Å². The molecule has 1 aromatic heterocycles. The molecule has 7 heteroatoms. The molecule has 0 bridgehead atoms. The van der Waals surface area contributed by atoms with Gasteiger partial charge < -0.3 is 14.8 Å². The van der Waals surface area contributed by atoms with E-state index in [-0.39, 0.29) is 11.9 Å².